The van der Waals surface area contributed by atoms with Crippen LogP contribution in [0.4, 0.5) is 6.01 Å². The summed E-state index contributed by atoms with van der Waals surface area (Å²) in [6.07, 6.45) is 1.66. The van der Waals surface area contributed by atoms with Crippen molar-refractivity contribution in [1.82, 2.24) is 15.2 Å². The smallest absolute Gasteiger partial charge is 0.322 e. The van der Waals surface area contributed by atoms with Crippen molar-refractivity contribution in [2.45, 2.75) is 6.92 Å². The number of rotatable bonds is 3. The molecule has 6 heteroatoms. The van der Waals surface area contributed by atoms with Gasteiger partial charge in [-0.25, -0.2) is 0 Å². The summed E-state index contributed by atoms with van der Waals surface area (Å²) in [7, 11) is 0. The summed E-state index contributed by atoms with van der Waals surface area (Å²) >= 11 is 0. The van der Waals surface area contributed by atoms with Crippen LogP contribution in [0.25, 0.3) is 22.4 Å². The van der Waals surface area contributed by atoms with Gasteiger partial charge in [0.2, 0.25) is 5.89 Å². The number of aromatic nitrogens is 3. The lowest BCUT2D eigenvalue weighted by molar-refractivity contribution is 0.102. The average Bonchev–Trinajstić information content (AvgIpc) is 3.21. The number of amides is 1. The van der Waals surface area contributed by atoms with Crippen molar-refractivity contribution in [3.63, 3.8) is 0 Å². The summed E-state index contributed by atoms with van der Waals surface area (Å²) in [6, 6.07) is 15.4. The molecule has 2 N–H and O–H groups in total. The molecule has 0 aliphatic carbocycles. The molecule has 4 rings (SSSR count). The van der Waals surface area contributed by atoms with Crippen molar-refractivity contribution in [2.75, 3.05) is 5.32 Å². The lowest BCUT2D eigenvalue weighted by Gasteiger charge is -1.99. The minimum atomic E-state index is -0.299. The lowest BCUT2D eigenvalue weighted by Crippen LogP contribution is -2.11. The van der Waals surface area contributed by atoms with Crippen LogP contribution < -0.4 is 5.32 Å². The molecular formula is C18H14N4O2. The number of anilines is 1. The van der Waals surface area contributed by atoms with Crippen molar-refractivity contribution in [2.24, 2.45) is 0 Å². The van der Waals surface area contributed by atoms with Gasteiger partial charge in [-0.1, -0.05) is 41.0 Å². The minimum Gasteiger partial charge on any atom is -0.403 e. The van der Waals surface area contributed by atoms with Crippen LogP contribution in [0.1, 0.15) is 15.9 Å². The Kier molecular flexibility index (Phi) is 3.35. The van der Waals surface area contributed by atoms with Crippen LogP contribution in [0.5, 0.6) is 0 Å². The number of nitrogens with zero attached hydrogens (tertiary/aromatic N) is 2. The fourth-order valence-corrected chi connectivity index (χ4v) is 2.59. The van der Waals surface area contributed by atoms with Gasteiger partial charge in [0.15, 0.2) is 0 Å². The Morgan fingerprint density at radius 1 is 1.12 bits per heavy atom. The highest BCUT2D eigenvalue weighted by atomic mass is 16.4. The quantitative estimate of drug-likeness (QED) is 0.602. The van der Waals surface area contributed by atoms with Gasteiger partial charge >= 0.3 is 6.01 Å². The topological polar surface area (TPSA) is 83.8 Å². The lowest BCUT2D eigenvalue weighted by atomic mass is 10.1. The van der Waals surface area contributed by atoms with Gasteiger partial charge in [0.1, 0.15) is 0 Å². The standard InChI is InChI=1S/C18H14N4O2/c1-11-5-4-6-12(9-11)17-21-22-18(24-17)20-16(23)14-10-19-15-8-3-2-7-13(14)15/h2-10,19H,1H3,(H,20,22,23). The highest BCUT2D eigenvalue weighted by Crippen LogP contribution is 2.22. The molecule has 0 fully saturated rings. The second-order valence-corrected chi connectivity index (χ2v) is 5.48. The summed E-state index contributed by atoms with van der Waals surface area (Å²) in [5.41, 5.74) is 3.33. The highest BCUT2D eigenvalue weighted by Gasteiger charge is 2.15. The third kappa shape index (κ3) is 2.54. The Labute approximate surface area is 137 Å². The number of fused-ring (bicyclic) bond motifs is 1. The molecule has 2 aromatic carbocycles. The highest BCUT2D eigenvalue weighted by molar-refractivity contribution is 6.12. The Morgan fingerprint density at radius 2 is 2.00 bits per heavy atom. The van der Waals surface area contributed by atoms with E-state index in [9.17, 15) is 4.79 Å². The number of aryl methyl sites for hydroxylation is 1. The van der Waals surface area contributed by atoms with E-state index < -0.39 is 0 Å². The first-order valence-electron chi connectivity index (χ1n) is 7.49. The van der Waals surface area contributed by atoms with Crippen LogP contribution in [-0.4, -0.2) is 21.1 Å². The van der Waals surface area contributed by atoms with E-state index in [1.165, 1.54) is 0 Å². The van der Waals surface area contributed by atoms with Crippen molar-refractivity contribution in [1.29, 1.82) is 0 Å². The van der Waals surface area contributed by atoms with Gasteiger partial charge in [-0.05, 0) is 25.1 Å². The van der Waals surface area contributed by atoms with E-state index >= 15 is 0 Å². The first-order chi connectivity index (χ1) is 11.7. The molecule has 0 unspecified atom stereocenters. The number of aromatic amines is 1. The van der Waals surface area contributed by atoms with E-state index in [0.29, 0.717) is 11.5 Å². The van der Waals surface area contributed by atoms with Gasteiger partial charge in [0.05, 0.1) is 5.56 Å². The Balaban J connectivity index is 1.59. The number of hydrogen-bond acceptors (Lipinski definition) is 4. The minimum absolute atomic E-state index is 0.0711. The maximum Gasteiger partial charge on any atom is 0.322 e. The van der Waals surface area contributed by atoms with Crippen molar-refractivity contribution in [3.8, 4) is 11.5 Å². The number of carbonyl (C=O) groups excluding carboxylic acids is 1. The fourth-order valence-electron chi connectivity index (χ4n) is 2.59. The normalized spacial score (nSPS) is 10.9. The third-order valence-corrected chi connectivity index (χ3v) is 3.74. The second-order valence-electron chi connectivity index (χ2n) is 5.48. The zero-order valence-corrected chi connectivity index (χ0v) is 12.9. The maximum absolute atomic E-state index is 12.4. The predicted octanol–water partition coefficient (Wildman–Crippen LogP) is 3.78. The average molecular weight is 318 g/mol. The Morgan fingerprint density at radius 3 is 2.88 bits per heavy atom. The third-order valence-electron chi connectivity index (χ3n) is 3.74. The molecule has 1 amide bonds. The van der Waals surface area contributed by atoms with Crippen molar-refractivity contribution in [3.05, 3.63) is 65.9 Å². The van der Waals surface area contributed by atoms with E-state index in [1.807, 2.05) is 55.5 Å². The summed E-state index contributed by atoms with van der Waals surface area (Å²) < 4.78 is 5.54. The second kappa shape index (κ2) is 5.66. The van der Waals surface area contributed by atoms with Crippen LogP contribution in [0.3, 0.4) is 0 Å². The molecular weight excluding hydrogens is 304 g/mol. The first-order valence-corrected chi connectivity index (χ1v) is 7.49. The number of benzene rings is 2. The van der Waals surface area contributed by atoms with Crippen LogP contribution >= 0.6 is 0 Å². The SMILES string of the molecule is Cc1cccc(-c2nnc(NC(=O)c3c[nH]c4ccccc34)o2)c1. The van der Waals surface area contributed by atoms with Gasteiger partial charge in [-0.2, -0.15) is 0 Å². The molecule has 0 aliphatic rings. The van der Waals surface area contributed by atoms with Crippen LogP contribution in [0, 0.1) is 6.92 Å². The zero-order chi connectivity index (χ0) is 16.5. The number of H-pyrrole nitrogens is 1. The molecule has 0 saturated carbocycles. The molecule has 118 valence electrons. The Bertz CT molecular complexity index is 1030. The summed E-state index contributed by atoms with van der Waals surface area (Å²) in [5, 5.41) is 11.4. The molecule has 0 atom stereocenters. The van der Waals surface area contributed by atoms with E-state index in [-0.39, 0.29) is 11.9 Å². The van der Waals surface area contributed by atoms with Crippen LogP contribution in [0.2, 0.25) is 0 Å². The molecule has 6 nitrogen and oxygen atoms in total. The van der Waals surface area contributed by atoms with E-state index in [2.05, 4.69) is 20.5 Å². The molecule has 2 heterocycles. The Hall–Kier alpha value is -3.41. The molecule has 0 spiro atoms. The van der Waals surface area contributed by atoms with Crippen LogP contribution in [0.15, 0.2) is 59.1 Å². The zero-order valence-electron chi connectivity index (χ0n) is 12.9. The van der Waals surface area contributed by atoms with Gasteiger partial charge in [0.25, 0.3) is 5.91 Å². The van der Waals surface area contributed by atoms with Gasteiger partial charge in [-0.15, -0.1) is 5.10 Å². The molecule has 0 saturated heterocycles. The summed E-state index contributed by atoms with van der Waals surface area (Å²) in [5.74, 6) is 0.0693. The maximum atomic E-state index is 12.4. The van der Waals surface area contributed by atoms with E-state index in [1.54, 1.807) is 6.20 Å². The predicted molar refractivity (Wildman–Crippen MR) is 90.7 cm³/mol. The van der Waals surface area contributed by atoms with Crippen LogP contribution in [-0.2, 0) is 0 Å². The molecule has 4 aromatic rings. The summed E-state index contributed by atoms with van der Waals surface area (Å²) in [6.45, 7) is 1.99. The molecule has 0 bridgehead atoms. The fraction of sp³-hybridized carbons (Fsp3) is 0.0556. The van der Waals surface area contributed by atoms with Gasteiger partial charge in [0, 0.05) is 22.7 Å². The van der Waals surface area contributed by atoms with E-state index in [4.69, 9.17) is 4.42 Å². The number of nitrogens with one attached hydrogen (secondary N) is 2. The number of hydrogen-bond donors (Lipinski definition) is 2. The number of para-hydroxylation sites is 1. The number of carbonyl (C=O) groups is 1. The van der Waals surface area contributed by atoms with Gasteiger partial charge < -0.3 is 9.40 Å². The molecule has 24 heavy (non-hydrogen) atoms. The molecule has 0 radical (unpaired) electrons. The molecule has 2 aromatic heterocycles. The van der Waals surface area contributed by atoms with E-state index in [0.717, 1.165) is 22.0 Å². The van der Waals surface area contributed by atoms with Crippen molar-refractivity contribution >= 4 is 22.8 Å². The monoisotopic (exact) mass is 318 g/mol. The van der Waals surface area contributed by atoms with Crippen molar-refractivity contribution < 1.29 is 9.21 Å². The molecule has 0 aliphatic heterocycles. The summed E-state index contributed by atoms with van der Waals surface area (Å²) in [4.78, 5) is 15.5. The largest absolute Gasteiger partial charge is 0.403 e. The first kappa shape index (κ1) is 14.2. The van der Waals surface area contributed by atoms with Gasteiger partial charge in [-0.3, -0.25) is 10.1 Å².